The van der Waals surface area contributed by atoms with Crippen LogP contribution >= 0.6 is 15.9 Å². The van der Waals surface area contributed by atoms with Crippen molar-refractivity contribution in [2.45, 2.75) is 57.9 Å². The first-order chi connectivity index (χ1) is 14.6. The van der Waals surface area contributed by atoms with Gasteiger partial charge in [-0.3, -0.25) is 9.59 Å². The first-order valence-corrected chi connectivity index (χ1v) is 11.5. The molecule has 2 aromatic rings. The topological polar surface area (TPSA) is 67.4 Å². The molecule has 2 N–H and O–H groups in total. The first-order valence-electron chi connectivity index (χ1n) is 10.7. The Hall–Kier alpha value is -2.34. The molecule has 2 amide bonds. The van der Waals surface area contributed by atoms with Crippen LogP contribution in [0.5, 0.6) is 5.75 Å². The van der Waals surface area contributed by atoms with Crippen molar-refractivity contribution in [1.82, 2.24) is 5.32 Å². The van der Waals surface area contributed by atoms with Gasteiger partial charge in [-0.15, -0.1) is 0 Å². The highest BCUT2D eigenvalue weighted by Crippen LogP contribution is 2.25. The van der Waals surface area contributed by atoms with E-state index in [2.05, 4.69) is 33.5 Å². The molecule has 0 saturated heterocycles. The quantitative estimate of drug-likeness (QED) is 0.466. The number of carbonyl (C=O) groups excluding carboxylic acids is 2. The smallest absolute Gasteiger partial charge is 0.259 e. The molecule has 0 heterocycles. The number of hydrogen-bond donors (Lipinski definition) is 2. The Morgan fingerprint density at radius 1 is 1.03 bits per heavy atom. The van der Waals surface area contributed by atoms with Gasteiger partial charge < -0.3 is 15.4 Å². The van der Waals surface area contributed by atoms with Crippen LogP contribution in [0, 0.1) is 0 Å². The molecule has 1 aliphatic carbocycles. The fourth-order valence-corrected chi connectivity index (χ4v) is 3.91. The molecule has 0 unspecified atom stereocenters. The molecule has 1 saturated carbocycles. The molecule has 30 heavy (non-hydrogen) atoms. The minimum Gasteiger partial charge on any atom is -0.493 e. The van der Waals surface area contributed by atoms with Crippen molar-refractivity contribution >= 4 is 33.4 Å². The van der Waals surface area contributed by atoms with Gasteiger partial charge in [-0.05, 0) is 61.7 Å². The fraction of sp³-hybridized carbons (Fsp3) is 0.417. The maximum atomic E-state index is 12.8. The Morgan fingerprint density at radius 3 is 2.47 bits per heavy atom. The van der Waals surface area contributed by atoms with E-state index in [1.165, 1.54) is 19.3 Å². The molecular formula is C24H29BrN2O3. The molecular weight excluding hydrogens is 444 g/mol. The number of rotatable bonds is 8. The number of anilines is 1. The van der Waals surface area contributed by atoms with Crippen LogP contribution in [0.15, 0.2) is 46.9 Å². The van der Waals surface area contributed by atoms with Crippen LogP contribution in [0.1, 0.15) is 72.6 Å². The van der Waals surface area contributed by atoms with E-state index in [1.54, 1.807) is 36.4 Å². The molecule has 0 aromatic heterocycles. The highest BCUT2D eigenvalue weighted by Gasteiger charge is 2.17. The molecule has 2 aromatic carbocycles. The maximum absolute atomic E-state index is 12.8. The van der Waals surface area contributed by atoms with Crippen LogP contribution in [0.25, 0.3) is 0 Å². The zero-order chi connectivity index (χ0) is 21.3. The van der Waals surface area contributed by atoms with Gasteiger partial charge in [0.05, 0.1) is 12.2 Å². The normalized spacial score (nSPS) is 14.2. The standard InChI is InChI=1S/C24H29BrN2O3/c1-2-3-15-30-22-14-11-18(25)16-21(22)24(29)27-20-12-9-17(10-13-20)23(28)26-19-7-5-4-6-8-19/h9-14,16,19H,2-8,15H2,1H3,(H,26,28)(H,27,29). The van der Waals surface area contributed by atoms with Crippen LogP contribution < -0.4 is 15.4 Å². The number of amides is 2. The number of unbranched alkanes of at least 4 members (excludes halogenated alkanes) is 1. The molecule has 0 spiro atoms. The van der Waals surface area contributed by atoms with Crippen LogP contribution in [0.3, 0.4) is 0 Å². The minimum atomic E-state index is -0.248. The maximum Gasteiger partial charge on any atom is 0.259 e. The van der Waals surface area contributed by atoms with Crippen molar-refractivity contribution < 1.29 is 14.3 Å². The van der Waals surface area contributed by atoms with Crippen molar-refractivity contribution in [2.75, 3.05) is 11.9 Å². The Bertz CT molecular complexity index is 861. The number of carbonyl (C=O) groups is 2. The third-order valence-corrected chi connectivity index (χ3v) is 5.78. The van der Waals surface area contributed by atoms with E-state index in [1.807, 2.05) is 6.07 Å². The first kappa shape index (κ1) is 22.3. The Morgan fingerprint density at radius 2 is 1.77 bits per heavy atom. The number of hydrogen-bond acceptors (Lipinski definition) is 3. The second-order valence-corrected chi connectivity index (χ2v) is 8.60. The third-order valence-electron chi connectivity index (χ3n) is 5.29. The van der Waals surface area contributed by atoms with Crippen molar-refractivity contribution in [3.05, 3.63) is 58.1 Å². The summed E-state index contributed by atoms with van der Waals surface area (Å²) in [5, 5.41) is 6.00. The fourth-order valence-electron chi connectivity index (χ4n) is 3.55. The van der Waals surface area contributed by atoms with Gasteiger partial charge in [0.1, 0.15) is 5.75 Å². The summed E-state index contributed by atoms with van der Waals surface area (Å²) >= 11 is 3.42. The molecule has 6 heteroatoms. The predicted molar refractivity (Wildman–Crippen MR) is 123 cm³/mol. The number of benzene rings is 2. The average molecular weight is 473 g/mol. The molecule has 0 atom stereocenters. The lowest BCUT2D eigenvalue weighted by atomic mass is 9.95. The summed E-state index contributed by atoms with van der Waals surface area (Å²) in [6.45, 7) is 2.67. The van der Waals surface area contributed by atoms with Crippen molar-refractivity contribution in [3.63, 3.8) is 0 Å². The van der Waals surface area contributed by atoms with Crippen molar-refractivity contribution in [2.24, 2.45) is 0 Å². The molecule has 5 nitrogen and oxygen atoms in total. The van der Waals surface area contributed by atoms with Gasteiger partial charge in [0, 0.05) is 21.8 Å². The van der Waals surface area contributed by atoms with E-state index in [4.69, 9.17) is 4.74 Å². The van der Waals surface area contributed by atoms with E-state index in [0.717, 1.165) is 30.2 Å². The Labute approximate surface area is 186 Å². The third kappa shape index (κ3) is 6.33. The molecule has 1 aliphatic rings. The number of nitrogens with one attached hydrogen (secondary N) is 2. The number of ether oxygens (including phenoxy) is 1. The van der Waals surface area contributed by atoms with E-state index < -0.39 is 0 Å². The van der Waals surface area contributed by atoms with E-state index in [9.17, 15) is 9.59 Å². The van der Waals surface area contributed by atoms with Gasteiger partial charge >= 0.3 is 0 Å². The van der Waals surface area contributed by atoms with Gasteiger partial charge in [-0.2, -0.15) is 0 Å². The van der Waals surface area contributed by atoms with Crippen LogP contribution in [0.4, 0.5) is 5.69 Å². The molecule has 0 bridgehead atoms. The molecule has 0 aliphatic heterocycles. The molecule has 0 radical (unpaired) electrons. The van der Waals surface area contributed by atoms with Gasteiger partial charge in [0.15, 0.2) is 0 Å². The van der Waals surface area contributed by atoms with E-state index in [-0.39, 0.29) is 17.9 Å². The SMILES string of the molecule is CCCCOc1ccc(Br)cc1C(=O)Nc1ccc(C(=O)NC2CCCCC2)cc1. The van der Waals surface area contributed by atoms with Crippen LogP contribution in [0.2, 0.25) is 0 Å². The van der Waals surface area contributed by atoms with Crippen LogP contribution in [-0.4, -0.2) is 24.5 Å². The van der Waals surface area contributed by atoms with Gasteiger partial charge in [-0.25, -0.2) is 0 Å². The summed E-state index contributed by atoms with van der Waals surface area (Å²) in [5.41, 5.74) is 1.71. The minimum absolute atomic E-state index is 0.0571. The lowest BCUT2D eigenvalue weighted by Crippen LogP contribution is -2.36. The van der Waals surface area contributed by atoms with Crippen molar-refractivity contribution in [3.8, 4) is 5.75 Å². The zero-order valence-electron chi connectivity index (χ0n) is 17.4. The summed E-state index contributed by atoms with van der Waals surface area (Å²) in [4.78, 5) is 25.3. The largest absolute Gasteiger partial charge is 0.493 e. The summed E-state index contributed by atoms with van der Waals surface area (Å²) in [7, 11) is 0. The summed E-state index contributed by atoms with van der Waals surface area (Å²) < 4.78 is 6.59. The van der Waals surface area contributed by atoms with Gasteiger partial charge in [-0.1, -0.05) is 48.5 Å². The summed E-state index contributed by atoms with van der Waals surface area (Å²) in [6, 6.07) is 12.7. The lowest BCUT2D eigenvalue weighted by Gasteiger charge is -2.22. The van der Waals surface area contributed by atoms with E-state index in [0.29, 0.717) is 29.2 Å². The Kier molecular flexibility index (Phi) is 8.31. The van der Waals surface area contributed by atoms with Gasteiger partial charge in [0.25, 0.3) is 11.8 Å². The highest BCUT2D eigenvalue weighted by atomic mass is 79.9. The lowest BCUT2D eigenvalue weighted by molar-refractivity contribution is 0.0927. The zero-order valence-corrected chi connectivity index (χ0v) is 19.0. The summed E-state index contributed by atoms with van der Waals surface area (Å²) in [6.07, 6.45) is 7.67. The molecule has 3 rings (SSSR count). The monoisotopic (exact) mass is 472 g/mol. The summed E-state index contributed by atoms with van der Waals surface area (Å²) in [5.74, 6) is 0.258. The van der Waals surface area contributed by atoms with Gasteiger partial charge in [0.2, 0.25) is 0 Å². The molecule has 160 valence electrons. The molecule has 1 fully saturated rings. The second kappa shape index (κ2) is 11.2. The van der Waals surface area contributed by atoms with Crippen LogP contribution in [-0.2, 0) is 0 Å². The average Bonchev–Trinajstić information content (AvgIpc) is 2.76. The Balaban J connectivity index is 1.63. The predicted octanol–water partition coefficient (Wildman–Crippen LogP) is 5.94. The number of halogens is 1. The second-order valence-electron chi connectivity index (χ2n) is 7.68. The highest BCUT2D eigenvalue weighted by molar-refractivity contribution is 9.10. The van der Waals surface area contributed by atoms with E-state index >= 15 is 0 Å². The van der Waals surface area contributed by atoms with Crippen molar-refractivity contribution in [1.29, 1.82) is 0 Å².